The minimum Gasteiger partial charge on any atom is -0.387 e. The van der Waals surface area contributed by atoms with Crippen LogP contribution in [0.15, 0.2) is 42.5 Å². The quantitative estimate of drug-likeness (QED) is 0.920. The van der Waals surface area contributed by atoms with Crippen molar-refractivity contribution in [3.8, 4) is 0 Å². The number of benzene rings is 2. The molecule has 0 spiro atoms. The molecule has 1 saturated heterocycles. The number of piperidine rings is 1. The lowest BCUT2D eigenvalue weighted by Gasteiger charge is -2.37. The highest BCUT2D eigenvalue weighted by Gasteiger charge is 2.25. The lowest BCUT2D eigenvalue weighted by molar-refractivity contribution is 0.0607. The minimum absolute atomic E-state index is 0.410. The maximum absolute atomic E-state index is 10.7. The number of nitrogens with zero attached hydrogens (tertiary/aromatic N) is 1. The number of β-amino-alcohol motifs (C(OH)–C–C–N with tert-alkyl or cyclic N) is 1. The van der Waals surface area contributed by atoms with Crippen LogP contribution in [0.3, 0.4) is 0 Å². The topological polar surface area (TPSA) is 23.5 Å². The summed E-state index contributed by atoms with van der Waals surface area (Å²) in [6, 6.07) is 15.1. The molecule has 3 rings (SSSR count). The van der Waals surface area contributed by atoms with Crippen molar-refractivity contribution in [2.24, 2.45) is 5.92 Å². The van der Waals surface area contributed by atoms with E-state index in [0.717, 1.165) is 24.6 Å². The molecule has 1 N–H and O–H groups in total. The molecular formula is C19H25NO. The van der Waals surface area contributed by atoms with Crippen LogP contribution in [0.2, 0.25) is 0 Å². The zero-order chi connectivity index (χ0) is 14.8. The number of fused-ring (bicyclic) bond motifs is 1. The van der Waals surface area contributed by atoms with Gasteiger partial charge in [0.2, 0.25) is 0 Å². The lowest BCUT2D eigenvalue weighted by Crippen LogP contribution is -2.42. The molecule has 112 valence electrons. The molecule has 0 radical (unpaired) electrons. The number of rotatable bonds is 3. The van der Waals surface area contributed by atoms with Crippen LogP contribution in [0.4, 0.5) is 0 Å². The molecule has 2 aromatic carbocycles. The van der Waals surface area contributed by atoms with Gasteiger partial charge in [-0.3, -0.25) is 4.90 Å². The van der Waals surface area contributed by atoms with Crippen LogP contribution in [0.5, 0.6) is 0 Å². The van der Waals surface area contributed by atoms with Crippen molar-refractivity contribution in [1.82, 2.24) is 4.90 Å². The summed E-state index contributed by atoms with van der Waals surface area (Å²) >= 11 is 0. The van der Waals surface area contributed by atoms with Gasteiger partial charge >= 0.3 is 0 Å². The van der Waals surface area contributed by atoms with Crippen molar-refractivity contribution in [1.29, 1.82) is 0 Å². The molecule has 3 unspecified atom stereocenters. The third kappa shape index (κ3) is 3.12. The Morgan fingerprint density at radius 2 is 1.90 bits per heavy atom. The van der Waals surface area contributed by atoms with E-state index in [9.17, 15) is 5.11 Å². The Kier molecular flexibility index (Phi) is 4.27. The standard InChI is InChI=1S/C19H25NO/c1-14-10-11-20(15(2)12-14)13-19(21)18-9-5-7-16-6-3-4-8-17(16)18/h3-9,14-15,19,21H,10-13H2,1-2H3. The molecule has 2 nitrogen and oxygen atoms in total. The Balaban J connectivity index is 1.79. The second-order valence-electron chi connectivity index (χ2n) is 6.56. The summed E-state index contributed by atoms with van der Waals surface area (Å²) in [6.45, 7) is 6.45. The molecule has 3 atom stereocenters. The molecule has 0 aromatic heterocycles. The molecule has 1 fully saturated rings. The molecule has 21 heavy (non-hydrogen) atoms. The van der Waals surface area contributed by atoms with E-state index in [1.165, 1.54) is 23.6 Å². The molecule has 0 amide bonds. The van der Waals surface area contributed by atoms with Crippen molar-refractivity contribution in [2.45, 2.75) is 38.8 Å². The van der Waals surface area contributed by atoms with Gasteiger partial charge in [-0.25, -0.2) is 0 Å². The first kappa shape index (κ1) is 14.6. The second kappa shape index (κ2) is 6.17. The highest BCUT2D eigenvalue weighted by atomic mass is 16.3. The van der Waals surface area contributed by atoms with E-state index in [1.54, 1.807) is 0 Å². The molecule has 0 saturated carbocycles. The van der Waals surface area contributed by atoms with E-state index >= 15 is 0 Å². The van der Waals surface area contributed by atoms with Crippen molar-refractivity contribution < 1.29 is 5.11 Å². The maximum Gasteiger partial charge on any atom is 0.0923 e. The van der Waals surface area contributed by atoms with Crippen LogP contribution in [0.1, 0.15) is 38.4 Å². The molecule has 0 aliphatic carbocycles. The van der Waals surface area contributed by atoms with Crippen molar-refractivity contribution in [3.05, 3.63) is 48.0 Å². The largest absolute Gasteiger partial charge is 0.387 e. The number of aliphatic hydroxyl groups excluding tert-OH is 1. The van der Waals surface area contributed by atoms with Crippen LogP contribution in [-0.4, -0.2) is 29.1 Å². The third-order valence-corrected chi connectivity index (χ3v) is 4.87. The number of aliphatic hydroxyl groups is 1. The first-order valence-electron chi connectivity index (χ1n) is 8.05. The van der Waals surface area contributed by atoms with Crippen LogP contribution in [-0.2, 0) is 0 Å². The molecule has 2 aromatic rings. The normalized spacial score (nSPS) is 25.1. The lowest BCUT2D eigenvalue weighted by atomic mass is 9.92. The van der Waals surface area contributed by atoms with Gasteiger partial charge in [-0.1, -0.05) is 49.4 Å². The van der Waals surface area contributed by atoms with E-state index in [4.69, 9.17) is 0 Å². The first-order valence-corrected chi connectivity index (χ1v) is 8.05. The van der Waals surface area contributed by atoms with Gasteiger partial charge in [0.25, 0.3) is 0 Å². The predicted octanol–water partition coefficient (Wildman–Crippen LogP) is 3.99. The average Bonchev–Trinajstić information content (AvgIpc) is 2.49. The molecule has 1 heterocycles. The van der Waals surface area contributed by atoms with Crippen LogP contribution < -0.4 is 0 Å². The molecule has 1 aliphatic rings. The zero-order valence-corrected chi connectivity index (χ0v) is 13.0. The smallest absolute Gasteiger partial charge is 0.0923 e. The summed E-state index contributed by atoms with van der Waals surface area (Å²) in [5, 5.41) is 13.1. The summed E-state index contributed by atoms with van der Waals surface area (Å²) in [5.74, 6) is 0.811. The van der Waals surface area contributed by atoms with E-state index < -0.39 is 6.10 Å². The Bertz CT molecular complexity index is 604. The summed E-state index contributed by atoms with van der Waals surface area (Å²) in [5.41, 5.74) is 1.05. The van der Waals surface area contributed by atoms with E-state index in [0.29, 0.717) is 6.04 Å². The highest BCUT2D eigenvalue weighted by molar-refractivity contribution is 5.85. The fourth-order valence-corrected chi connectivity index (χ4v) is 3.59. The van der Waals surface area contributed by atoms with Gasteiger partial charge in [0.05, 0.1) is 6.10 Å². The number of likely N-dealkylation sites (tertiary alicyclic amines) is 1. The zero-order valence-electron chi connectivity index (χ0n) is 13.0. The highest BCUT2D eigenvalue weighted by Crippen LogP contribution is 2.28. The van der Waals surface area contributed by atoms with Crippen LogP contribution >= 0.6 is 0 Å². The average molecular weight is 283 g/mol. The molecule has 2 heteroatoms. The Morgan fingerprint density at radius 3 is 2.71 bits per heavy atom. The fraction of sp³-hybridized carbons (Fsp3) is 0.474. The van der Waals surface area contributed by atoms with Crippen molar-refractivity contribution >= 4 is 10.8 Å². The Labute approximate surface area is 127 Å². The summed E-state index contributed by atoms with van der Waals surface area (Å²) < 4.78 is 0. The number of hydrogen-bond donors (Lipinski definition) is 1. The van der Waals surface area contributed by atoms with Crippen molar-refractivity contribution in [2.75, 3.05) is 13.1 Å². The van der Waals surface area contributed by atoms with Crippen molar-refractivity contribution in [3.63, 3.8) is 0 Å². The summed E-state index contributed by atoms with van der Waals surface area (Å²) in [7, 11) is 0. The first-order chi connectivity index (χ1) is 10.1. The molecular weight excluding hydrogens is 258 g/mol. The monoisotopic (exact) mass is 283 g/mol. The van der Waals surface area contributed by atoms with Crippen LogP contribution in [0.25, 0.3) is 10.8 Å². The maximum atomic E-state index is 10.7. The summed E-state index contributed by atoms with van der Waals surface area (Å²) in [6.07, 6.45) is 2.07. The fourth-order valence-electron chi connectivity index (χ4n) is 3.59. The Hall–Kier alpha value is -1.38. The van der Waals surface area contributed by atoms with E-state index in [1.807, 2.05) is 18.2 Å². The molecule has 0 bridgehead atoms. The van der Waals surface area contributed by atoms with E-state index in [2.05, 4.69) is 43.0 Å². The predicted molar refractivity (Wildman–Crippen MR) is 88.3 cm³/mol. The van der Waals surface area contributed by atoms with Gasteiger partial charge in [-0.05, 0) is 48.6 Å². The van der Waals surface area contributed by atoms with Gasteiger partial charge in [-0.2, -0.15) is 0 Å². The minimum atomic E-state index is -0.410. The van der Waals surface area contributed by atoms with Gasteiger partial charge in [0.1, 0.15) is 0 Å². The summed E-state index contributed by atoms with van der Waals surface area (Å²) in [4.78, 5) is 2.44. The third-order valence-electron chi connectivity index (χ3n) is 4.87. The van der Waals surface area contributed by atoms with Crippen LogP contribution in [0, 0.1) is 5.92 Å². The van der Waals surface area contributed by atoms with Gasteiger partial charge in [0.15, 0.2) is 0 Å². The van der Waals surface area contributed by atoms with Gasteiger partial charge in [-0.15, -0.1) is 0 Å². The number of hydrogen-bond acceptors (Lipinski definition) is 2. The SMILES string of the molecule is CC1CCN(CC(O)c2cccc3ccccc23)C(C)C1. The van der Waals surface area contributed by atoms with Gasteiger partial charge < -0.3 is 5.11 Å². The van der Waals surface area contributed by atoms with Gasteiger partial charge in [0, 0.05) is 12.6 Å². The molecule has 1 aliphatic heterocycles. The Morgan fingerprint density at radius 1 is 1.14 bits per heavy atom. The second-order valence-corrected chi connectivity index (χ2v) is 6.56. The van der Waals surface area contributed by atoms with E-state index in [-0.39, 0.29) is 0 Å².